The normalized spacial score (nSPS) is 35.1. The van der Waals surface area contributed by atoms with Crippen molar-refractivity contribution in [3.05, 3.63) is 0 Å². The second kappa shape index (κ2) is 9.45. The zero-order chi connectivity index (χ0) is 14.2. The van der Waals surface area contributed by atoms with E-state index in [1.54, 1.807) is 68.4 Å². The fourth-order valence-corrected chi connectivity index (χ4v) is 12.0. The zero-order valence-electron chi connectivity index (χ0n) is 14.2. The van der Waals surface area contributed by atoms with Gasteiger partial charge in [-0.15, -0.1) is 0 Å². The maximum absolute atomic E-state index is 2.39. The molecular formula is C18H38Si2. The van der Waals surface area contributed by atoms with E-state index in [0.717, 1.165) is 0 Å². The molecule has 2 aliphatic rings. The molecule has 0 amide bonds. The number of hydrogen-bond donors (Lipinski definition) is 0. The Morgan fingerprint density at radius 1 is 0.650 bits per heavy atom. The van der Waals surface area contributed by atoms with Crippen molar-refractivity contribution in [3.8, 4) is 0 Å². The third-order valence-corrected chi connectivity index (χ3v) is 13.6. The summed E-state index contributed by atoms with van der Waals surface area (Å²) in [4.78, 5) is 0. The Hall–Kier alpha value is 0.434. The Morgan fingerprint density at radius 3 is 1.60 bits per heavy atom. The molecule has 0 radical (unpaired) electrons. The monoisotopic (exact) mass is 310 g/mol. The van der Waals surface area contributed by atoms with Crippen LogP contribution in [-0.2, 0) is 0 Å². The Kier molecular flexibility index (Phi) is 7.94. The molecular weight excluding hydrogens is 272 g/mol. The predicted octanol–water partition coefficient (Wildman–Crippen LogP) is 5.86. The van der Waals surface area contributed by atoms with E-state index in [0.29, 0.717) is 0 Å². The Morgan fingerprint density at radius 2 is 1.15 bits per heavy atom. The van der Waals surface area contributed by atoms with Crippen molar-refractivity contribution in [2.24, 2.45) is 11.8 Å². The highest BCUT2D eigenvalue weighted by atomic mass is 28.3. The lowest BCUT2D eigenvalue weighted by atomic mass is 9.83. The van der Waals surface area contributed by atoms with E-state index in [1.165, 1.54) is 31.1 Å². The maximum Gasteiger partial charge on any atom is 0.0368 e. The van der Waals surface area contributed by atoms with Gasteiger partial charge in [0.1, 0.15) is 0 Å². The summed E-state index contributed by atoms with van der Waals surface area (Å²) in [7, 11) is -0.507. The molecule has 0 nitrogen and oxygen atoms in total. The second-order valence-electron chi connectivity index (χ2n) is 7.85. The van der Waals surface area contributed by atoms with Crippen LogP contribution in [0.15, 0.2) is 0 Å². The van der Waals surface area contributed by atoms with Crippen molar-refractivity contribution in [1.29, 1.82) is 0 Å². The summed E-state index contributed by atoms with van der Waals surface area (Å²) in [6, 6.07) is 10.1. The minimum atomic E-state index is -0.265. The number of rotatable bonds is 7. The third-order valence-electron chi connectivity index (χ3n) is 6.36. The van der Waals surface area contributed by atoms with Crippen molar-refractivity contribution in [1.82, 2.24) is 0 Å². The first-order chi connectivity index (χ1) is 9.83. The van der Waals surface area contributed by atoms with Crippen molar-refractivity contribution in [3.63, 3.8) is 0 Å². The quantitative estimate of drug-likeness (QED) is 0.408. The van der Waals surface area contributed by atoms with E-state index in [2.05, 4.69) is 13.8 Å². The Balaban J connectivity index is 1.62. The first kappa shape index (κ1) is 16.8. The molecule has 2 heterocycles. The van der Waals surface area contributed by atoms with Crippen molar-refractivity contribution in [2.75, 3.05) is 0 Å². The van der Waals surface area contributed by atoms with Crippen LogP contribution in [0, 0.1) is 11.8 Å². The molecule has 2 saturated heterocycles. The van der Waals surface area contributed by atoms with Gasteiger partial charge in [-0.2, -0.15) is 0 Å². The average Bonchev–Trinajstić information content (AvgIpc) is 2.49. The van der Waals surface area contributed by atoms with Gasteiger partial charge in [0.2, 0.25) is 0 Å². The molecule has 0 aromatic carbocycles. The third kappa shape index (κ3) is 5.33. The predicted molar refractivity (Wildman–Crippen MR) is 98.4 cm³/mol. The summed E-state index contributed by atoms with van der Waals surface area (Å²) in [6.45, 7) is 4.74. The fourth-order valence-electron chi connectivity index (χ4n) is 4.99. The second-order valence-corrected chi connectivity index (χ2v) is 14.8. The number of unbranched alkanes of at least 4 members (excludes halogenated alkanes) is 2. The lowest BCUT2D eigenvalue weighted by Crippen LogP contribution is -2.30. The highest BCUT2D eigenvalue weighted by Gasteiger charge is 2.31. The number of hydrogen-bond acceptors (Lipinski definition) is 0. The van der Waals surface area contributed by atoms with E-state index >= 15 is 0 Å². The molecule has 2 heteroatoms. The van der Waals surface area contributed by atoms with Gasteiger partial charge < -0.3 is 0 Å². The fraction of sp³-hybridized carbons (Fsp3) is 1.00. The van der Waals surface area contributed by atoms with E-state index < -0.39 is 0 Å². The van der Waals surface area contributed by atoms with Gasteiger partial charge in [-0.25, -0.2) is 0 Å². The molecule has 0 atom stereocenters. The van der Waals surface area contributed by atoms with Gasteiger partial charge in [-0.1, -0.05) is 101 Å². The standard InChI is InChI=1S/C18H38Si2/c1-3-5-6-12-20-15-9-18(10-16-20)17-7-13-19(11-4-2)14-8-17/h17-20H,3-16H2,1-2H3/t17?,18-,19?,20-. The van der Waals surface area contributed by atoms with Crippen molar-refractivity contribution in [2.45, 2.75) is 101 Å². The van der Waals surface area contributed by atoms with Crippen molar-refractivity contribution < 1.29 is 0 Å². The Bertz CT molecular complexity index is 238. The lowest BCUT2D eigenvalue weighted by Gasteiger charge is -2.37. The Labute approximate surface area is 131 Å². The van der Waals surface area contributed by atoms with Crippen LogP contribution in [0.5, 0.6) is 0 Å². The first-order valence-corrected chi connectivity index (χ1v) is 14.7. The van der Waals surface area contributed by atoms with Gasteiger partial charge in [0.25, 0.3) is 0 Å². The summed E-state index contributed by atoms with van der Waals surface area (Å²) in [5.41, 5.74) is 0. The molecule has 118 valence electrons. The van der Waals surface area contributed by atoms with Crippen LogP contribution in [0.2, 0.25) is 36.3 Å². The van der Waals surface area contributed by atoms with E-state index in [4.69, 9.17) is 0 Å². The largest absolute Gasteiger partial charge is 0.0657 e. The maximum atomic E-state index is 2.39. The van der Waals surface area contributed by atoms with E-state index in [-0.39, 0.29) is 17.6 Å². The van der Waals surface area contributed by atoms with Gasteiger partial charge >= 0.3 is 0 Å². The molecule has 0 aromatic heterocycles. The molecule has 0 N–H and O–H groups in total. The zero-order valence-corrected chi connectivity index (χ0v) is 16.5. The van der Waals surface area contributed by atoms with Crippen LogP contribution in [-0.4, -0.2) is 17.6 Å². The summed E-state index contributed by atoms with van der Waals surface area (Å²) in [6.07, 6.45) is 12.5. The van der Waals surface area contributed by atoms with Crippen LogP contribution in [0.4, 0.5) is 0 Å². The molecule has 0 bridgehead atoms. The minimum absolute atomic E-state index is 0.242. The molecule has 2 aliphatic heterocycles. The molecule has 0 aromatic rings. The highest BCUT2D eigenvalue weighted by molar-refractivity contribution is 6.59. The summed E-state index contributed by atoms with van der Waals surface area (Å²) in [5, 5.41) is 0. The SMILES string of the molecule is CCCCC[Si@H]1CC[C@H](C2CC[SiH](CCC)CC2)CC1. The van der Waals surface area contributed by atoms with Crippen LogP contribution >= 0.6 is 0 Å². The lowest BCUT2D eigenvalue weighted by molar-refractivity contribution is 0.278. The molecule has 2 rings (SSSR count). The summed E-state index contributed by atoms with van der Waals surface area (Å²) < 4.78 is 0. The highest BCUT2D eigenvalue weighted by Crippen LogP contribution is 2.40. The van der Waals surface area contributed by atoms with Crippen LogP contribution in [0.3, 0.4) is 0 Å². The van der Waals surface area contributed by atoms with E-state index in [1.807, 2.05) is 0 Å². The van der Waals surface area contributed by atoms with Crippen LogP contribution in [0.25, 0.3) is 0 Å². The van der Waals surface area contributed by atoms with Crippen LogP contribution in [0.1, 0.15) is 65.2 Å². The van der Waals surface area contributed by atoms with Crippen LogP contribution < -0.4 is 0 Å². The molecule has 0 aliphatic carbocycles. The molecule has 0 spiro atoms. The first-order valence-electron chi connectivity index (χ1n) is 9.83. The average molecular weight is 311 g/mol. The summed E-state index contributed by atoms with van der Waals surface area (Å²) in [5.74, 6) is 2.34. The van der Waals surface area contributed by atoms with Gasteiger partial charge in [-0.3, -0.25) is 0 Å². The molecule has 0 saturated carbocycles. The van der Waals surface area contributed by atoms with Gasteiger partial charge in [0.15, 0.2) is 0 Å². The molecule has 20 heavy (non-hydrogen) atoms. The van der Waals surface area contributed by atoms with Gasteiger partial charge in [0.05, 0.1) is 0 Å². The van der Waals surface area contributed by atoms with Crippen molar-refractivity contribution >= 4 is 17.6 Å². The van der Waals surface area contributed by atoms with Gasteiger partial charge in [0, 0.05) is 17.6 Å². The topological polar surface area (TPSA) is 0 Å². The minimum Gasteiger partial charge on any atom is -0.0657 e. The van der Waals surface area contributed by atoms with Gasteiger partial charge in [-0.05, 0) is 11.8 Å². The molecule has 0 unspecified atom stereocenters. The smallest absolute Gasteiger partial charge is 0.0368 e. The van der Waals surface area contributed by atoms with E-state index in [9.17, 15) is 0 Å². The summed E-state index contributed by atoms with van der Waals surface area (Å²) >= 11 is 0. The molecule has 2 fully saturated rings.